The van der Waals surface area contributed by atoms with Crippen molar-refractivity contribution in [3.05, 3.63) is 40.2 Å². The summed E-state index contributed by atoms with van der Waals surface area (Å²) in [6, 6.07) is 4.14. The Labute approximate surface area is 124 Å². The standard InChI is InChI=1S/C13H12ClN3O4/c1-6-3-10(17-16-6)12(18)15-9-5-11(21-2)7(13(19)20)4-8(9)14/h3-5H,1-2H3,(H,15,18)(H,16,17)(H,19,20). The molecule has 110 valence electrons. The Morgan fingerprint density at radius 3 is 2.62 bits per heavy atom. The first kappa shape index (κ1) is 14.9. The Morgan fingerprint density at radius 2 is 2.10 bits per heavy atom. The topological polar surface area (TPSA) is 104 Å². The number of carbonyl (C=O) groups is 2. The van der Waals surface area contributed by atoms with Crippen LogP contribution in [0.3, 0.4) is 0 Å². The van der Waals surface area contributed by atoms with Crippen LogP contribution in [0.1, 0.15) is 26.5 Å². The van der Waals surface area contributed by atoms with Crippen molar-refractivity contribution >= 4 is 29.2 Å². The number of ether oxygens (including phenoxy) is 1. The summed E-state index contributed by atoms with van der Waals surface area (Å²) in [5.41, 5.74) is 1.09. The Hall–Kier alpha value is -2.54. The number of aryl methyl sites for hydroxylation is 1. The lowest BCUT2D eigenvalue weighted by Crippen LogP contribution is -2.13. The number of carboxylic acid groups (broad SMARTS) is 1. The van der Waals surface area contributed by atoms with Crippen molar-refractivity contribution in [3.8, 4) is 5.75 Å². The normalized spacial score (nSPS) is 10.2. The molecule has 7 nitrogen and oxygen atoms in total. The van der Waals surface area contributed by atoms with Gasteiger partial charge in [0.2, 0.25) is 0 Å². The highest BCUT2D eigenvalue weighted by atomic mass is 35.5. The Bertz CT molecular complexity index is 711. The van der Waals surface area contributed by atoms with E-state index in [1.54, 1.807) is 13.0 Å². The molecule has 21 heavy (non-hydrogen) atoms. The summed E-state index contributed by atoms with van der Waals surface area (Å²) in [7, 11) is 1.33. The van der Waals surface area contributed by atoms with Gasteiger partial charge in [0, 0.05) is 11.8 Å². The van der Waals surface area contributed by atoms with Gasteiger partial charge in [0.1, 0.15) is 11.3 Å². The van der Waals surface area contributed by atoms with Crippen molar-refractivity contribution in [2.75, 3.05) is 12.4 Å². The summed E-state index contributed by atoms with van der Waals surface area (Å²) in [5.74, 6) is -1.54. The number of aromatic carboxylic acids is 1. The second-order valence-corrected chi connectivity index (χ2v) is 4.64. The average molecular weight is 310 g/mol. The van der Waals surface area contributed by atoms with E-state index in [2.05, 4.69) is 15.5 Å². The molecule has 0 aliphatic heterocycles. The van der Waals surface area contributed by atoms with E-state index in [-0.39, 0.29) is 27.7 Å². The number of aromatic nitrogens is 2. The maximum Gasteiger partial charge on any atom is 0.339 e. The van der Waals surface area contributed by atoms with Crippen LogP contribution in [0.5, 0.6) is 5.75 Å². The lowest BCUT2D eigenvalue weighted by molar-refractivity contribution is 0.0693. The van der Waals surface area contributed by atoms with Crippen LogP contribution in [0.2, 0.25) is 5.02 Å². The number of carbonyl (C=O) groups excluding carboxylic acids is 1. The highest BCUT2D eigenvalue weighted by Gasteiger charge is 2.17. The molecule has 1 aromatic carbocycles. The van der Waals surface area contributed by atoms with Gasteiger partial charge in [-0.2, -0.15) is 5.10 Å². The zero-order valence-electron chi connectivity index (χ0n) is 11.2. The molecule has 0 bridgehead atoms. The lowest BCUT2D eigenvalue weighted by Gasteiger charge is -2.10. The van der Waals surface area contributed by atoms with E-state index in [1.165, 1.54) is 19.2 Å². The molecule has 0 unspecified atom stereocenters. The smallest absolute Gasteiger partial charge is 0.339 e. The molecule has 1 aromatic heterocycles. The molecule has 0 saturated carbocycles. The molecule has 8 heteroatoms. The highest BCUT2D eigenvalue weighted by molar-refractivity contribution is 6.34. The summed E-state index contributed by atoms with van der Waals surface area (Å²) < 4.78 is 4.98. The molecule has 0 spiro atoms. The van der Waals surface area contributed by atoms with Crippen LogP contribution in [-0.4, -0.2) is 34.3 Å². The number of methoxy groups -OCH3 is 1. The molecule has 0 atom stereocenters. The minimum Gasteiger partial charge on any atom is -0.496 e. The molecule has 2 rings (SSSR count). The molecule has 0 aliphatic rings. The molecule has 0 saturated heterocycles. The summed E-state index contributed by atoms with van der Waals surface area (Å²) >= 11 is 5.98. The fourth-order valence-electron chi connectivity index (χ4n) is 1.71. The number of amides is 1. The van der Waals surface area contributed by atoms with Gasteiger partial charge in [0.25, 0.3) is 5.91 Å². The van der Waals surface area contributed by atoms with E-state index in [0.29, 0.717) is 0 Å². The second-order valence-electron chi connectivity index (χ2n) is 4.23. The largest absolute Gasteiger partial charge is 0.496 e. The van der Waals surface area contributed by atoms with E-state index in [4.69, 9.17) is 21.4 Å². The fraction of sp³-hybridized carbons (Fsp3) is 0.154. The van der Waals surface area contributed by atoms with E-state index in [9.17, 15) is 9.59 Å². The number of nitrogens with one attached hydrogen (secondary N) is 2. The minimum absolute atomic E-state index is 0.0869. The van der Waals surface area contributed by atoms with Crippen LogP contribution in [0.4, 0.5) is 5.69 Å². The Morgan fingerprint density at radius 1 is 1.38 bits per heavy atom. The molecule has 1 amide bonds. The molecule has 0 fully saturated rings. The molecular formula is C13H12ClN3O4. The molecular weight excluding hydrogens is 298 g/mol. The van der Waals surface area contributed by atoms with Crippen LogP contribution in [0.25, 0.3) is 0 Å². The number of hydrogen-bond acceptors (Lipinski definition) is 4. The number of halogens is 1. The first-order valence-electron chi connectivity index (χ1n) is 5.86. The summed E-state index contributed by atoms with van der Waals surface area (Å²) in [6.07, 6.45) is 0. The number of rotatable bonds is 4. The van der Waals surface area contributed by atoms with Crippen LogP contribution >= 0.6 is 11.6 Å². The third-order valence-electron chi connectivity index (χ3n) is 2.71. The highest BCUT2D eigenvalue weighted by Crippen LogP contribution is 2.31. The first-order valence-corrected chi connectivity index (χ1v) is 6.24. The summed E-state index contributed by atoms with van der Waals surface area (Å²) in [6.45, 7) is 1.77. The summed E-state index contributed by atoms with van der Waals surface area (Å²) in [5, 5.41) is 18.2. The second kappa shape index (κ2) is 5.84. The van der Waals surface area contributed by atoms with Gasteiger partial charge in [0.05, 0.1) is 17.8 Å². The van der Waals surface area contributed by atoms with Gasteiger partial charge in [-0.25, -0.2) is 4.79 Å². The van der Waals surface area contributed by atoms with Crippen LogP contribution in [-0.2, 0) is 0 Å². The third-order valence-corrected chi connectivity index (χ3v) is 3.02. The number of aromatic amines is 1. The quantitative estimate of drug-likeness (QED) is 0.804. The molecule has 2 aromatic rings. The van der Waals surface area contributed by atoms with Gasteiger partial charge in [-0.15, -0.1) is 0 Å². The predicted molar refractivity (Wildman–Crippen MR) is 76.2 cm³/mol. The number of carboxylic acids is 1. The van der Waals surface area contributed by atoms with Crippen molar-refractivity contribution < 1.29 is 19.4 Å². The van der Waals surface area contributed by atoms with Crippen LogP contribution in [0.15, 0.2) is 18.2 Å². The predicted octanol–water partition coefficient (Wildman–Crippen LogP) is 2.33. The third kappa shape index (κ3) is 3.14. The van der Waals surface area contributed by atoms with E-state index in [0.717, 1.165) is 5.69 Å². The van der Waals surface area contributed by atoms with Gasteiger partial charge < -0.3 is 15.2 Å². The fourth-order valence-corrected chi connectivity index (χ4v) is 1.92. The zero-order valence-corrected chi connectivity index (χ0v) is 12.0. The van der Waals surface area contributed by atoms with Crippen molar-refractivity contribution in [3.63, 3.8) is 0 Å². The first-order chi connectivity index (χ1) is 9.92. The number of benzene rings is 1. The van der Waals surface area contributed by atoms with Crippen LogP contribution in [0, 0.1) is 6.92 Å². The van der Waals surface area contributed by atoms with Gasteiger partial charge in [-0.1, -0.05) is 11.6 Å². The number of anilines is 1. The van der Waals surface area contributed by atoms with E-state index < -0.39 is 11.9 Å². The van der Waals surface area contributed by atoms with Gasteiger partial charge >= 0.3 is 5.97 Å². The van der Waals surface area contributed by atoms with Crippen molar-refractivity contribution in [2.45, 2.75) is 6.92 Å². The molecule has 0 radical (unpaired) electrons. The van der Waals surface area contributed by atoms with Crippen LogP contribution < -0.4 is 10.1 Å². The van der Waals surface area contributed by atoms with Gasteiger partial charge in [0.15, 0.2) is 5.69 Å². The van der Waals surface area contributed by atoms with Gasteiger partial charge in [-0.05, 0) is 19.1 Å². The molecule has 0 aliphatic carbocycles. The minimum atomic E-state index is -1.17. The zero-order chi connectivity index (χ0) is 15.6. The number of H-pyrrole nitrogens is 1. The van der Waals surface area contributed by atoms with Crippen molar-refractivity contribution in [2.24, 2.45) is 0 Å². The van der Waals surface area contributed by atoms with Gasteiger partial charge in [-0.3, -0.25) is 9.89 Å². The molecule has 3 N–H and O–H groups in total. The Balaban J connectivity index is 2.32. The van der Waals surface area contributed by atoms with E-state index >= 15 is 0 Å². The number of nitrogens with zero attached hydrogens (tertiary/aromatic N) is 1. The van der Waals surface area contributed by atoms with E-state index in [1.807, 2.05) is 0 Å². The SMILES string of the molecule is COc1cc(NC(=O)c2cc(C)[nH]n2)c(Cl)cc1C(=O)O. The molecule has 1 heterocycles. The summed E-state index contributed by atoms with van der Waals surface area (Å²) in [4.78, 5) is 23.0. The number of hydrogen-bond donors (Lipinski definition) is 3. The average Bonchev–Trinajstić information content (AvgIpc) is 2.87. The van der Waals surface area contributed by atoms with Crippen molar-refractivity contribution in [1.29, 1.82) is 0 Å². The monoisotopic (exact) mass is 309 g/mol. The maximum absolute atomic E-state index is 12.0. The Kier molecular flexibility index (Phi) is 4.13. The maximum atomic E-state index is 12.0. The lowest BCUT2D eigenvalue weighted by atomic mass is 10.1. The van der Waals surface area contributed by atoms with Crippen molar-refractivity contribution in [1.82, 2.24) is 10.2 Å².